The fourth-order valence-corrected chi connectivity index (χ4v) is 3.31. The Labute approximate surface area is 139 Å². The van der Waals surface area contributed by atoms with Crippen LogP contribution in [0.1, 0.15) is 46.4 Å². The van der Waals surface area contributed by atoms with Gasteiger partial charge in [-0.25, -0.2) is 0 Å². The molecule has 8 nitrogen and oxygen atoms in total. The monoisotopic (exact) mass is 332 g/mol. The number of carbonyl (C=O) groups excluding carboxylic acids is 2. The summed E-state index contributed by atoms with van der Waals surface area (Å²) in [6, 6.07) is 2.34. The number of unbranched alkanes of at least 4 members (excludes halogenated alkanes) is 1. The number of rotatable bonds is 6. The summed E-state index contributed by atoms with van der Waals surface area (Å²) in [6.45, 7) is 3.54. The molecule has 24 heavy (non-hydrogen) atoms. The number of benzene rings is 1. The second-order valence-electron chi connectivity index (χ2n) is 6.23. The second-order valence-corrected chi connectivity index (χ2v) is 6.23. The van der Waals surface area contributed by atoms with Crippen LogP contribution in [-0.2, 0) is 0 Å². The number of fused-ring (bicyclic) bond motifs is 1. The van der Waals surface area contributed by atoms with E-state index in [2.05, 4.69) is 4.90 Å². The highest BCUT2D eigenvalue weighted by atomic mass is 16.6. The normalized spacial score (nSPS) is 17.6. The molecule has 0 spiro atoms. The summed E-state index contributed by atoms with van der Waals surface area (Å²) < 4.78 is 0. The molecule has 0 unspecified atom stereocenters. The molecule has 0 aromatic heterocycles. The molecule has 0 atom stereocenters. The first kappa shape index (κ1) is 16.4. The number of nitrogens with two attached hydrogens (primary N) is 1. The van der Waals surface area contributed by atoms with Crippen molar-refractivity contribution >= 4 is 23.2 Å². The lowest BCUT2D eigenvalue weighted by atomic mass is 10.1. The maximum absolute atomic E-state index is 12.4. The number of carbonyl (C=O) groups is 2. The Hall–Kier alpha value is -2.48. The molecule has 0 radical (unpaired) electrons. The van der Waals surface area contributed by atoms with Gasteiger partial charge in [0.25, 0.3) is 17.5 Å². The van der Waals surface area contributed by atoms with Crippen LogP contribution in [0, 0.1) is 10.1 Å². The third kappa shape index (κ3) is 2.96. The number of nitrogen functional groups attached to an aromatic ring is 1. The summed E-state index contributed by atoms with van der Waals surface area (Å²) in [7, 11) is 0. The summed E-state index contributed by atoms with van der Waals surface area (Å²) >= 11 is 0. The number of amides is 2. The van der Waals surface area contributed by atoms with Gasteiger partial charge in [0.1, 0.15) is 5.69 Å². The molecule has 0 bridgehead atoms. The molecule has 1 saturated heterocycles. The topological polar surface area (TPSA) is 110 Å². The van der Waals surface area contributed by atoms with Crippen molar-refractivity contribution in [2.24, 2.45) is 0 Å². The van der Waals surface area contributed by atoms with Crippen molar-refractivity contribution in [1.29, 1.82) is 0 Å². The quantitative estimate of drug-likeness (QED) is 0.279. The Bertz CT molecular complexity index is 698. The van der Waals surface area contributed by atoms with E-state index in [1.54, 1.807) is 0 Å². The average Bonchev–Trinajstić information content (AvgIpc) is 3.13. The summed E-state index contributed by atoms with van der Waals surface area (Å²) in [5.41, 5.74) is 5.39. The first-order chi connectivity index (χ1) is 11.5. The van der Waals surface area contributed by atoms with E-state index in [-0.39, 0.29) is 22.5 Å². The zero-order valence-electron chi connectivity index (χ0n) is 13.4. The molecular weight excluding hydrogens is 312 g/mol. The summed E-state index contributed by atoms with van der Waals surface area (Å²) in [4.78, 5) is 38.6. The largest absolute Gasteiger partial charge is 0.393 e. The highest BCUT2D eigenvalue weighted by Crippen LogP contribution is 2.31. The van der Waals surface area contributed by atoms with Crippen molar-refractivity contribution in [3.8, 4) is 0 Å². The van der Waals surface area contributed by atoms with Gasteiger partial charge in [0.05, 0.1) is 16.1 Å². The molecule has 0 saturated carbocycles. The maximum atomic E-state index is 12.4. The van der Waals surface area contributed by atoms with Gasteiger partial charge in [0.15, 0.2) is 0 Å². The Kier molecular flexibility index (Phi) is 4.48. The second kappa shape index (κ2) is 6.56. The van der Waals surface area contributed by atoms with E-state index in [9.17, 15) is 19.7 Å². The molecule has 3 rings (SSSR count). The summed E-state index contributed by atoms with van der Waals surface area (Å²) in [6.07, 6.45) is 4.10. The number of hydrogen-bond donors (Lipinski definition) is 1. The third-order valence-corrected chi connectivity index (χ3v) is 4.62. The van der Waals surface area contributed by atoms with Crippen LogP contribution in [0.4, 0.5) is 11.4 Å². The number of likely N-dealkylation sites (tertiary alicyclic amines) is 1. The van der Waals surface area contributed by atoms with E-state index in [1.165, 1.54) is 18.9 Å². The van der Waals surface area contributed by atoms with Crippen LogP contribution in [0.25, 0.3) is 0 Å². The molecule has 2 aliphatic heterocycles. The molecule has 1 aromatic carbocycles. The molecule has 2 amide bonds. The Morgan fingerprint density at radius 1 is 1.04 bits per heavy atom. The first-order valence-electron chi connectivity index (χ1n) is 8.15. The predicted octanol–water partition coefficient (Wildman–Crippen LogP) is 1.65. The van der Waals surface area contributed by atoms with Crippen LogP contribution >= 0.6 is 0 Å². The van der Waals surface area contributed by atoms with Crippen LogP contribution in [0.15, 0.2) is 12.1 Å². The molecule has 0 aliphatic carbocycles. The molecule has 128 valence electrons. The molecule has 1 aromatic rings. The number of anilines is 1. The van der Waals surface area contributed by atoms with Crippen LogP contribution in [0.5, 0.6) is 0 Å². The molecule has 8 heteroatoms. The minimum Gasteiger partial charge on any atom is -0.393 e. The first-order valence-corrected chi connectivity index (χ1v) is 8.15. The molecular formula is C16H20N4O4. The van der Waals surface area contributed by atoms with Crippen LogP contribution in [0.2, 0.25) is 0 Å². The van der Waals surface area contributed by atoms with Crippen molar-refractivity contribution in [2.45, 2.75) is 25.7 Å². The highest BCUT2D eigenvalue weighted by molar-refractivity contribution is 6.22. The number of nitro groups is 1. The molecule has 2 heterocycles. The van der Waals surface area contributed by atoms with E-state index >= 15 is 0 Å². The highest BCUT2D eigenvalue weighted by Gasteiger charge is 2.37. The van der Waals surface area contributed by atoms with Crippen molar-refractivity contribution < 1.29 is 14.5 Å². The Morgan fingerprint density at radius 3 is 2.25 bits per heavy atom. The number of nitrogens with zero attached hydrogens (tertiary/aromatic N) is 3. The predicted molar refractivity (Wildman–Crippen MR) is 87.8 cm³/mol. The van der Waals surface area contributed by atoms with Gasteiger partial charge in [-0.1, -0.05) is 0 Å². The molecule has 1 fully saturated rings. The van der Waals surface area contributed by atoms with Gasteiger partial charge in [0.2, 0.25) is 0 Å². The van der Waals surface area contributed by atoms with Gasteiger partial charge in [0, 0.05) is 12.6 Å². The number of nitro benzene ring substituents is 1. The molecule has 2 N–H and O–H groups in total. The lowest BCUT2D eigenvalue weighted by Crippen LogP contribution is -2.31. The number of hydrogen-bond acceptors (Lipinski definition) is 6. The van der Waals surface area contributed by atoms with Crippen LogP contribution in [-0.4, -0.2) is 52.7 Å². The van der Waals surface area contributed by atoms with Gasteiger partial charge in [-0.2, -0.15) is 0 Å². The van der Waals surface area contributed by atoms with Gasteiger partial charge >= 0.3 is 0 Å². The Morgan fingerprint density at radius 2 is 1.62 bits per heavy atom. The minimum atomic E-state index is -0.647. The lowest BCUT2D eigenvalue weighted by molar-refractivity contribution is -0.383. The van der Waals surface area contributed by atoms with Gasteiger partial charge in [-0.15, -0.1) is 0 Å². The molecule has 2 aliphatic rings. The Balaban J connectivity index is 1.64. The summed E-state index contributed by atoms with van der Waals surface area (Å²) in [5.74, 6) is -0.892. The van der Waals surface area contributed by atoms with E-state index < -0.39 is 16.7 Å². The van der Waals surface area contributed by atoms with E-state index in [0.717, 1.165) is 43.4 Å². The fraction of sp³-hybridized carbons (Fsp3) is 0.500. The smallest absolute Gasteiger partial charge is 0.292 e. The van der Waals surface area contributed by atoms with E-state index in [0.29, 0.717) is 6.54 Å². The summed E-state index contributed by atoms with van der Waals surface area (Å²) in [5, 5.41) is 10.9. The van der Waals surface area contributed by atoms with Crippen molar-refractivity contribution in [2.75, 3.05) is 31.9 Å². The lowest BCUT2D eigenvalue weighted by Gasteiger charge is -2.16. The van der Waals surface area contributed by atoms with Crippen molar-refractivity contribution in [3.05, 3.63) is 33.4 Å². The standard InChI is InChI=1S/C16H20N4O4/c17-13-9-11-12(10-14(13)20(23)24)16(22)19(15(11)21)8-4-3-7-18-5-1-2-6-18/h9-10H,1-8,17H2. The van der Waals surface area contributed by atoms with Crippen molar-refractivity contribution in [1.82, 2.24) is 9.80 Å². The minimum absolute atomic E-state index is 0.0699. The van der Waals surface area contributed by atoms with E-state index in [4.69, 9.17) is 5.73 Å². The number of imide groups is 1. The van der Waals surface area contributed by atoms with Crippen molar-refractivity contribution in [3.63, 3.8) is 0 Å². The third-order valence-electron chi connectivity index (χ3n) is 4.62. The zero-order chi connectivity index (χ0) is 17.3. The van der Waals surface area contributed by atoms with Crippen LogP contribution < -0.4 is 5.73 Å². The zero-order valence-corrected chi connectivity index (χ0v) is 13.4. The van der Waals surface area contributed by atoms with E-state index in [1.807, 2.05) is 0 Å². The fourth-order valence-electron chi connectivity index (χ4n) is 3.31. The average molecular weight is 332 g/mol. The maximum Gasteiger partial charge on any atom is 0.292 e. The van der Waals surface area contributed by atoms with Gasteiger partial charge < -0.3 is 10.6 Å². The van der Waals surface area contributed by atoms with Crippen LogP contribution in [0.3, 0.4) is 0 Å². The van der Waals surface area contributed by atoms with Gasteiger partial charge in [-0.3, -0.25) is 24.6 Å². The van der Waals surface area contributed by atoms with Gasteiger partial charge in [-0.05, 0) is 51.4 Å². The SMILES string of the molecule is Nc1cc2c(cc1[N+](=O)[O-])C(=O)N(CCCCN1CCCC1)C2=O.